The number of benzene rings is 2. The van der Waals surface area contributed by atoms with Crippen LogP contribution in [0, 0.1) is 0 Å². The van der Waals surface area contributed by atoms with Crippen LogP contribution in [-0.4, -0.2) is 56.8 Å². The Bertz CT molecular complexity index is 1340. The van der Waals surface area contributed by atoms with Crippen molar-refractivity contribution in [2.24, 2.45) is 0 Å². The van der Waals surface area contributed by atoms with Crippen molar-refractivity contribution >= 4 is 29.6 Å². The van der Waals surface area contributed by atoms with Gasteiger partial charge in [-0.2, -0.15) is 5.10 Å². The molecule has 0 radical (unpaired) electrons. The molecule has 0 aliphatic rings. The lowest BCUT2D eigenvalue weighted by Crippen LogP contribution is -2.18. The molecular weight excluding hydrogens is 521 g/mol. The Morgan fingerprint density at radius 2 is 1.81 bits per heavy atom. The summed E-state index contributed by atoms with van der Waals surface area (Å²) in [6.07, 6.45) is 2.52. The van der Waals surface area contributed by atoms with Crippen molar-refractivity contribution in [3.8, 4) is 17.2 Å². The van der Waals surface area contributed by atoms with E-state index in [-0.39, 0.29) is 28.7 Å². The van der Waals surface area contributed by atoms with Crippen LogP contribution in [0.25, 0.3) is 0 Å². The molecule has 1 heterocycles. The summed E-state index contributed by atoms with van der Waals surface area (Å²) in [5.41, 5.74) is 0.238. The van der Waals surface area contributed by atoms with E-state index in [1.54, 1.807) is 38.4 Å². The number of carbonyl (C=O) groups excluding carboxylic acids is 1. The van der Waals surface area contributed by atoms with Gasteiger partial charge in [-0.3, -0.25) is 14.0 Å². The van der Waals surface area contributed by atoms with Gasteiger partial charge in [-0.25, -0.2) is 8.42 Å². The summed E-state index contributed by atoms with van der Waals surface area (Å²) >= 11 is 0. The van der Waals surface area contributed by atoms with Crippen molar-refractivity contribution in [1.29, 1.82) is 0 Å². The molecule has 2 atom stereocenters. The smallest absolute Gasteiger partial charge is 0.257 e. The normalized spacial score (nSPS) is 13.1. The van der Waals surface area contributed by atoms with Gasteiger partial charge in [-0.1, -0.05) is 0 Å². The van der Waals surface area contributed by atoms with E-state index in [9.17, 15) is 17.8 Å². The van der Waals surface area contributed by atoms with E-state index >= 15 is 0 Å². The molecule has 2 aromatic carbocycles. The summed E-state index contributed by atoms with van der Waals surface area (Å²) in [5, 5.41) is 6.91. The SMILES string of the molecule is CCO[PH](=O)Cn1ccc(NC(=O)c2cc(Oc3ccc(S(C)(=O)=O)cc3)cc(O[C@@H](C)COC)c2)n1. The third-order valence-electron chi connectivity index (χ3n) is 4.85. The number of sulfone groups is 1. The number of carbonyl (C=O) groups is 1. The second-order valence-electron chi connectivity index (χ2n) is 8.08. The number of nitrogens with zero attached hydrogens (tertiary/aromatic N) is 2. The minimum absolute atomic E-state index is 0.102. The molecule has 0 spiro atoms. The monoisotopic (exact) mass is 551 g/mol. The maximum absolute atomic E-state index is 13.0. The van der Waals surface area contributed by atoms with Crippen LogP contribution >= 0.6 is 8.03 Å². The Morgan fingerprint density at radius 3 is 2.46 bits per heavy atom. The summed E-state index contributed by atoms with van der Waals surface area (Å²) in [6, 6.07) is 12.2. The van der Waals surface area contributed by atoms with Crippen molar-refractivity contribution in [1.82, 2.24) is 9.78 Å². The maximum Gasteiger partial charge on any atom is 0.257 e. The van der Waals surface area contributed by atoms with Crippen LogP contribution < -0.4 is 14.8 Å². The first-order valence-corrected chi connectivity index (χ1v) is 14.8. The minimum atomic E-state index is -3.34. The molecule has 0 fully saturated rings. The summed E-state index contributed by atoms with van der Waals surface area (Å²) in [6.45, 7) is 4.26. The van der Waals surface area contributed by atoms with Gasteiger partial charge in [0.1, 0.15) is 29.6 Å². The standard InChI is InChI=1S/C24H30N3O8PS/c1-5-33-36(29)16-27-11-10-23(26-27)25-24(28)18-12-20(34-17(2)15-32-3)14-21(13-18)35-19-6-8-22(9-7-19)37(4,30)31/h6-14,17,36H,5,15-16H2,1-4H3,(H,25,26,28)/t17-/m0/s1. The van der Waals surface area contributed by atoms with Crippen molar-refractivity contribution in [3.05, 3.63) is 60.3 Å². The van der Waals surface area contributed by atoms with E-state index in [2.05, 4.69) is 10.4 Å². The fraction of sp³-hybridized carbons (Fsp3) is 0.333. The zero-order chi connectivity index (χ0) is 27.0. The molecule has 0 aliphatic carbocycles. The highest BCUT2D eigenvalue weighted by molar-refractivity contribution is 7.90. The van der Waals surface area contributed by atoms with Crippen LogP contribution in [0.3, 0.4) is 0 Å². The Kier molecular flexibility index (Phi) is 9.87. The van der Waals surface area contributed by atoms with E-state index in [1.165, 1.54) is 35.0 Å². The number of aromatic nitrogens is 2. The molecule has 13 heteroatoms. The number of ether oxygens (including phenoxy) is 3. The molecule has 37 heavy (non-hydrogen) atoms. The van der Waals surface area contributed by atoms with Crippen LogP contribution in [0.1, 0.15) is 24.2 Å². The van der Waals surface area contributed by atoms with Gasteiger partial charge in [0.25, 0.3) is 5.91 Å². The Hall–Kier alpha value is -3.18. The number of rotatable bonds is 13. The number of methoxy groups -OCH3 is 1. The van der Waals surface area contributed by atoms with Crippen molar-refractivity contribution in [2.45, 2.75) is 31.1 Å². The van der Waals surface area contributed by atoms with Gasteiger partial charge >= 0.3 is 0 Å². The molecule has 1 aromatic heterocycles. The summed E-state index contributed by atoms with van der Waals surface area (Å²) < 4.78 is 58.7. The fourth-order valence-corrected chi connectivity index (χ4v) is 4.75. The van der Waals surface area contributed by atoms with Crippen molar-refractivity contribution in [3.63, 3.8) is 0 Å². The van der Waals surface area contributed by atoms with E-state index in [0.717, 1.165) is 6.26 Å². The molecular formula is C24H30N3O8PS. The summed E-state index contributed by atoms with van der Waals surface area (Å²) in [4.78, 5) is 13.2. The fourth-order valence-electron chi connectivity index (χ4n) is 3.27. The van der Waals surface area contributed by atoms with E-state index < -0.39 is 23.8 Å². The molecule has 0 bridgehead atoms. The summed E-state index contributed by atoms with van der Waals surface area (Å²) in [5.74, 6) is 0.865. The zero-order valence-corrected chi connectivity index (χ0v) is 22.8. The molecule has 0 saturated heterocycles. The first-order chi connectivity index (χ1) is 17.6. The lowest BCUT2D eigenvalue weighted by molar-refractivity contribution is 0.0915. The zero-order valence-electron chi connectivity index (χ0n) is 21.0. The van der Waals surface area contributed by atoms with Gasteiger partial charge in [0.05, 0.1) is 18.1 Å². The first kappa shape index (κ1) is 28.4. The molecule has 0 aliphatic heterocycles. The molecule has 3 aromatic rings. The Balaban J connectivity index is 1.82. The third-order valence-corrected chi connectivity index (χ3v) is 7.17. The summed E-state index contributed by atoms with van der Waals surface area (Å²) in [7, 11) is -4.05. The Morgan fingerprint density at radius 1 is 1.11 bits per heavy atom. The minimum Gasteiger partial charge on any atom is -0.488 e. The molecule has 1 amide bonds. The van der Waals surface area contributed by atoms with Crippen LogP contribution in [-0.2, 0) is 29.9 Å². The molecule has 11 nitrogen and oxygen atoms in total. The molecule has 0 saturated carbocycles. The lowest BCUT2D eigenvalue weighted by Gasteiger charge is -2.16. The maximum atomic E-state index is 13.0. The highest BCUT2D eigenvalue weighted by Crippen LogP contribution is 2.29. The molecule has 1 unspecified atom stereocenters. The highest BCUT2D eigenvalue weighted by atomic mass is 32.2. The number of hydrogen-bond donors (Lipinski definition) is 1. The van der Waals surface area contributed by atoms with Gasteiger partial charge in [0.2, 0.25) is 8.03 Å². The van der Waals surface area contributed by atoms with Crippen LogP contribution in [0.5, 0.6) is 17.2 Å². The second-order valence-corrected chi connectivity index (χ2v) is 11.4. The number of hydrogen-bond acceptors (Lipinski definition) is 9. The van der Waals surface area contributed by atoms with E-state index in [4.69, 9.17) is 18.7 Å². The number of nitrogens with one attached hydrogen (secondary N) is 1. The average Bonchev–Trinajstić information content (AvgIpc) is 3.25. The van der Waals surface area contributed by atoms with Crippen LogP contribution in [0.15, 0.2) is 59.6 Å². The third kappa shape index (κ3) is 8.71. The van der Waals surface area contributed by atoms with Crippen molar-refractivity contribution in [2.75, 3.05) is 31.9 Å². The second kappa shape index (κ2) is 12.9. The molecule has 200 valence electrons. The van der Waals surface area contributed by atoms with Crippen LogP contribution in [0.2, 0.25) is 0 Å². The average molecular weight is 552 g/mol. The van der Waals surface area contributed by atoms with Gasteiger partial charge in [-0.05, 0) is 50.2 Å². The topological polar surface area (TPSA) is 135 Å². The van der Waals surface area contributed by atoms with Gasteiger partial charge in [0, 0.05) is 37.3 Å². The van der Waals surface area contributed by atoms with Gasteiger partial charge < -0.3 is 24.1 Å². The number of anilines is 1. The van der Waals surface area contributed by atoms with Crippen LogP contribution in [0.4, 0.5) is 5.82 Å². The van der Waals surface area contributed by atoms with E-state index in [0.29, 0.717) is 30.5 Å². The molecule has 1 N–H and O–H groups in total. The predicted molar refractivity (Wildman–Crippen MR) is 139 cm³/mol. The highest BCUT2D eigenvalue weighted by Gasteiger charge is 2.15. The van der Waals surface area contributed by atoms with Crippen molar-refractivity contribution < 1.29 is 36.5 Å². The van der Waals surface area contributed by atoms with Gasteiger partial charge in [0.15, 0.2) is 15.7 Å². The van der Waals surface area contributed by atoms with Gasteiger partial charge in [-0.15, -0.1) is 0 Å². The van der Waals surface area contributed by atoms with E-state index in [1.807, 2.05) is 6.92 Å². The quantitative estimate of drug-likeness (QED) is 0.310. The molecule has 3 rings (SSSR count). The largest absolute Gasteiger partial charge is 0.488 e. The predicted octanol–water partition coefficient (Wildman–Crippen LogP) is 4.21. The lowest BCUT2D eigenvalue weighted by atomic mass is 10.2. The number of amides is 1. The Labute approximate surface area is 216 Å². The first-order valence-electron chi connectivity index (χ1n) is 11.4.